The Morgan fingerprint density at radius 3 is 2.45 bits per heavy atom. The number of allylic oxidation sites excluding steroid dienone is 1. The maximum atomic E-state index is 13.7. The molecule has 0 unspecified atom stereocenters. The molecule has 1 saturated heterocycles. The third-order valence-electron chi connectivity index (χ3n) is 7.08. The van der Waals surface area contributed by atoms with E-state index in [0.717, 1.165) is 34.4 Å². The van der Waals surface area contributed by atoms with Gasteiger partial charge in [-0.25, -0.2) is 4.39 Å². The molecule has 3 aromatic rings. The number of nitrogens with zero attached hydrogens (tertiary/aromatic N) is 1. The number of amides is 1. The van der Waals surface area contributed by atoms with Gasteiger partial charge in [-0.05, 0) is 53.3 Å². The van der Waals surface area contributed by atoms with Crippen LogP contribution in [0.5, 0.6) is 5.75 Å². The highest BCUT2D eigenvalue weighted by atomic mass is 19.1. The maximum absolute atomic E-state index is 13.7. The number of rotatable bonds is 5. The van der Waals surface area contributed by atoms with E-state index >= 15 is 0 Å². The molecule has 0 aromatic heterocycles. The Kier molecular flexibility index (Phi) is 5.76. The second-order valence-corrected chi connectivity index (χ2v) is 9.10. The Hall–Kier alpha value is -3.40. The number of hydrogen-bond acceptors (Lipinski definition) is 2. The average Bonchev–Trinajstić information content (AvgIpc) is 3.12. The van der Waals surface area contributed by atoms with E-state index < -0.39 is 0 Å². The fourth-order valence-electron chi connectivity index (χ4n) is 5.46. The summed E-state index contributed by atoms with van der Waals surface area (Å²) in [4.78, 5) is 15.8. The molecule has 0 saturated carbocycles. The highest BCUT2D eigenvalue weighted by molar-refractivity contribution is 5.84. The molecule has 2 aliphatic rings. The minimum absolute atomic E-state index is 0.0390. The average molecular weight is 442 g/mol. The second-order valence-electron chi connectivity index (χ2n) is 9.10. The summed E-state index contributed by atoms with van der Waals surface area (Å²) < 4.78 is 19.3. The van der Waals surface area contributed by atoms with Crippen molar-refractivity contribution in [2.75, 3.05) is 7.11 Å². The first-order chi connectivity index (χ1) is 16.1. The molecule has 5 rings (SSSR count). The van der Waals surface area contributed by atoms with Gasteiger partial charge in [-0.15, -0.1) is 0 Å². The van der Waals surface area contributed by atoms with Crippen LogP contribution in [0.3, 0.4) is 0 Å². The van der Waals surface area contributed by atoms with Gasteiger partial charge in [0.2, 0.25) is 5.91 Å². The largest absolute Gasteiger partial charge is 0.496 e. The molecular formula is C29H28FNO2. The third-order valence-corrected chi connectivity index (χ3v) is 7.08. The molecule has 168 valence electrons. The SMILES string of the molecule is COc1ccc(-c2ccc(F)cc2)cc1[C@H]1[C@H]2C=CC[C@@H](C)[C@@H]2C(=O)N1Cc1ccccc1. The van der Waals surface area contributed by atoms with Crippen molar-refractivity contribution in [3.05, 3.63) is 102 Å². The van der Waals surface area contributed by atoms with Crippen molar-refractivity contribution in [2.45, 2.75) is 25.9 Å². The lowest BCUT2D eigenvalue weighted by Gasteiger charge is -2.31. The van der Waals surface area contributed by atoms with Gasteiger partial charge in [-0.3, -0.25) is 4.79 Å². The van der Waals surface area contributed by atoms with Crippen molar-refractivity contribution in [3.63, 3.8) is 0 Å². The molecule has 1 amide bonds. The van der Waals surface area contributed by atoms with Gasteiger partial charge in [0.1, 0.15) is 11.6 Å². The summed E-state index contributed by atoms with van der Waals surface area (Å²) in [6.07, 6.45) is 5.36. The lowest BCUT2D eigenvalue weighted by Crippen LogP contribution is -2.30. The summed E-state index contributed by atoms with van der Waals surface area (Å²) in [7, 11) is 1.67. The fourth-order valence-corrected chi connectivity index (χ4v) is 5.46. The van der Waals surface area contributed by atoms with E-state index in [9.17, 15) is 9.18 Å². The Labute approximate surface area is 194 Å². The van der Waals surface area contributed by atoms with E-state index in [2.05, 4.69) is 37.3 Å². The van der Waals surface area contributed by atoms with Crippen molar-refractivity contribution < 1.29 is 13.9 Å². The number of halogens is 1. The van der Waals surface area contributed by atoms with Crippen LogP contribution in [-0.4, -0.2) is 17.9 Å². The van der Waals surface area contributed by atoms with Gasteiger partial charge >= 0.3 is 0 Å². The molecule has 4 heteroatoms. The highest BCUT2D eigenvalue weighted by Crippen LogP contribution is 2.51. The van der Waals surface area contributed by atoms with E-state index in [1.165, 1.54) is 12.1 Å². The Balaban J connectivity index is 1.62. The van der Waals surface area contributed by atoms with E-state index in [1.54, 1.807) is 19.2 Å². The number of likely N-dealkylation sites (tertiary alicyclic amines) is 1. The number of fused-ring (bicyclic) bond motifs is 1. The summed E-state index contributed by atoms with van der Waals surface area (Å²) in [6.45, 7) is 2.73. The standard InChI is InChI=1S/C29H28FNO2/c1-19-7-6-10-24-27(19)29(32)31(18-20-8-4-3-5-9-20)28(24)25-17-22(13-16-26(25)33-2)21-11-14-23(30)15-12-21/h3-6,8-17,19,24,27-28H,7,18H2,1-2H3/t19-,24+,27+,28-/m1/s1. The minimum Gasteiger partial charge on any atom is -0.496 e. The van der Waals surface area contributed by atoms with Crippen LogP contribution in [-0.2, 0) is 11.3 Å². The van der Waals surface area contributed by atoms with Crippen molar-refractivity contribution >= 4 is 5.91 Å². The quantitative estimate of drug-likeness (QED) is 0.428. The fraction of sp³-hybridized carbons (Fsp3) is 0.276. The Morgan fingerprint density at radius 1 is 1.00 bits per heavy atom. The van der Waals surface area contributed by atoms with Gasteiger partial charge in [-0.1, -0.05) is 67.6 Å². The molecule has 0 N–H and O–H groups in total. The highest BCUT2D eigenvalue weighted by Gasteiger charge is 2.51. The van der Waals surface area contributed by atoms with E-state index in [1.807, 2.05) is 35.2 Å². The van der Waals surface area contributed by atoms with Gasteiger partial charge in [0.15, 0.2) is 0 Å². The van der Waals surface area contributed by atoms with Crippen LogP contribution in [0.4, 0.5) is 4.39 Å². The molecule has 0 bridgehead atoms. The summed E-state index contributed by atoms with van der Waals surface area (Å²) in [5.41, 5.74) is 4.02. The summed E-state index contributed by atoms with van der Waals surface area (Å²) in [5, 5.41) is 0. The normalized spacial score (nSPS) is 24.1. The van der Waals surface area contributed by atoms with E-state index in [0.29, 0.717) is 12.5 Å². The monoisotopic (exact) mass is 441 g/mol. The molecular weight excluding hydrogens is 413 g/mol. The molecule has 1 heterocycles. The first-order valence-electron chi connectivity index (χ1n) is 11.5. The zero-order valence-corrected chi connectivity index (χ0v) is 18.9. The zero-order valence-electron chi connectivity index (χ0n) is 18.9. The van der Waals surface area contributed by atoms with Crippen molar-refractivity contribution in [2.24, 2.45) is 17.8 Å². The number of carbonyl (C=O) groups is 1. The van der Waals surface area contributed by atoms with Crippen LogP contribution in [0.15, 0.2) is 84.9 Å². The van der Waals surface area contributed by atoms with Gasteiger partial charge in [0.25, 0.3) is 0 Å². The molecule has 0 spiro atoms. The zero-order chi connectivity index (χ0) is 22.9. The molecule has 3 aromatic carbocycles. The topological polar surface area (TPSA) is 29.5 Å². The smallest absolute Gasteiger partial charge is 0.227 e. The van der Waals surface area contributed by atoms with Crippen LogP contribution in [0.2, 0.25) is 0 Å². The number of ether oxygens (including phenoxy) is 1. The first-order valence-corrected chi connectivity index (χ1v) is 11.5. The Morgan fingerprint density at radius 2 is 1.73 bits per heavy atom. The first kappa shape index (κ1) is 21.4. The molecule has 33 heavy (non-hydrogen) atoms. The molecule has 3 nitrogen and oxygen atoms in total. The van der Waals surface area contributed by atoms with Crippen molar-refractivity contribution in [3.8, 4) is 16.9 Å². The number of carbonyl (C=O) groups excluding carboxylic acids is 1. The lowest BCUT2D eigenvalue weighted by atomic mass is 9.75. The van der Waals surface area contributed by atoms with Crippen LogP contribution in [0.1, 0.15) is 30.5 Å². The van der Waals surface area contributed by atoms with Crippen LogP contribution in [0.25, 0.3) is 11.1 Å². The summed E-state index contributed by atoms with van der Waals surface area (Å²) >= 11 is 0. The lowest BCUT2D eigenvalue weighted by molar-refractivity contribution is -0.134. The molecule has 1 fully saturated rings. The maximum Gasteiger partial charge on any atom is 0.227 e. The Bertz CT molecular complexity index is 1170. The number of benzene rings is 3. The van der Waals surface area contributed by atoms with Gasteiger partial charge < -0.3 is 9.64 Å². The van der Waals surface area contributed by atoms with Gasteiger partial charge in [0, 0.05) is 23.9 Å². The van der Waals surface area contributed by atoms with Gasteiger partial charge in [0.05, 0.1) is 13.2 Å². The summed E-state index contributed by atoms with van der Waals surface area (Å²) in [5.74, 6) is 1.06. The van der Waals surface area contributed by atoms with Crippen LogP contribution in [0, 0.1) is 23.6 Å². The molecule has 4 atom stereocenters. The number of methoxy groups -OCH3 is 1. The van der Waals surface area contributed by atoms with Gasteiger partial charge in [-0.2, -0.15) is 0 Å². The van der Waals surface area contributed by atoms with Crippen molar-refractivity contribution in [1.82, 2.24) is 4.90 Å². The molecule has 1 aliphatic heterocycles. The second kappa shape index (κ2) is 8.86. The third kappa shape index (κ3) is 3.95. The molecule has 0 radical (unpaired) electrons. The summed E-state index contributed by atoms with van der Waals surface area (Å²) in [6, 6.07) is 22.6. The van der Waals surface area contributed by atoms with Crippen LogP contribution < -0.4 is 4.74 Å². The van der Waals surface area contributed by atoms with Crippen LogP contribution >= 0.6 is 0 Å². The van der Waals surface area contributed by atoms with E-state index in [4.69, 9.17) is 4.74 Å². The minimum atomic E-state index is -0.257. The number of hydrogen-bond donors (Lipinski definition) is 0. The van der Waals surface area contributed by atoms with Crippen molar-refractivity contribution in [1.29, 1.82) is 0 Å². The molecule has 1 aliphatic carbocycles. The van der Waals surface area contributed by atoms with E-state index in [-0.39, 0.29) is 29.6 Å². The predicted octanol–water partition coefficient (Wildman–Crippen LogP) is 6.41. The predicted molar refractivity (Wildman–Crippen MR) is 128 cm³/mol.